The summed E-state index contributed by atoms with van der Waals surface area (Å²) in [7, 11) is 0. The van der Waals surface area contributed by atoms with Gasteiger partial charge in [0.2, 0.25) is 11.8 Å². The Morgan fingerprint density at radius 2 is 1.37 bits per heavy atom. The predicted octanol–water partition coefficient (Wildman–Crippen LogP) is 5.95. The number of hydrogen-bond acceptors (Lipinski definition) is 6. The summed E-state index contributed by atoms with van der Waals surface area (Å²) >= 11 is 0. The van der Waals surface area contributed by atoms with E-state index in [1.54, 1.807) is 79.7 Å². The molecule has 0 saturated heterocycles. The van der Waals surface area contributed by atoms with Crippen molar-refractivity contribution in [2.75, 3.05) is 0 Å². The van der Waals surface area contributed by atoms with Crippen LogP contribution in [0.25, 0.3) is 0 Å². The molecule has 0 radical (unpaired) electrons. The van der Waals surface area contributed by atoms with Crippen LogP contribution in [0.5, 0.6) is 0 Å². The van der Waals surface area contributed by atoms with E-state index in [0.29, 0.717) is 17.5 Å². The highest BCUT2D eigenvalue weighted by Gasteiger charge is 2.40. The van der Waals surface area contributed by atoms with Crippen LogP contribution in [0.15, 0.2) is 54.6 Å². The molecule has 0 bridgehead atoms. The third kappa shape index (κ3) is 11.9. The van der Waals surface area contributed by atoms with E-state index >= 15 is 0 Å². The van der Waals surface area contributed by atoms with E-state index in [2.05, 4.69) is 16.6 Å². The molecule has 2 aromatic rings. The van der Waals surface area contributed by atoms with Gasteiger partial charge in [-0.2, -0.15) is 0 Å². The topological polar surface area (TPSA) is 114 Å². The molecule has 3 atom stereocenters. The number of hydrogen-bond donors (Lipinski definition) is 2. The van der Waals surface area contributed by atoms with Crippen molar-refractivity contribution < 1.29 is 28.7 Å². The third-order valence-electron chi connectivity index (χ3n) is 6.73. The SMILES string of the molecule is C#Cc1ccccc1C(C(=O)NC(Cc1ccccc1)C(=O)OC(C)(C)C)N(C(=O)C(CC(C)C)NC(=O)OC(C)(C)C)C(C)C. The molecular weight excluding hydrogens is 582 g/mol. The maximum atomic E-state index is 14.5. The highest BCUT2D eigenvalue weighted by Crippen LogP contribution is 2.29. The van der Waals surface area contributed by atoms with Crippen LogP contribution in [0.4, 0.5) is 4.79 Å². The van der Waals surface area contributed by atoms with Gasteiger partial charge in [-0.1, -0.05) is 68.3 Å². The Kier molecular flexibility index (Phi) is 13.4. The van der Waals surface area contributed by atoms with Crippen LogP contribution in [0, 0.1) is 18.3 Å². The minimum absolute atomic E-state index is 0.0191. The average Bonchev–Trinajstić information content (AvgIpc) is 2.93. The fourth-order valence-corrected chi connectivity index (χ4v) is 4.95. The fourth-order valence-electron chi connectivity index (χ4n) is 4.95. The summed E-state index contributed by atoms with van der Waals surface area (Å²) in [5, 5.41) is 5.62. The number of amides is 3. The van der Waals surface area contributed by atoms with Crippen LogP contribution < -0.4 is 10.6 Å². The largest absolute Gasteiger partial charge is 0.458 e. The van der Waals surface area contributed by atoms with Gasteiger partial charge >= 0.3 is 12.1 Å². The number of carbonyl (C=O) groups excluding carboxylic acids is 4. The van der Waals surface area contributed by atoms with Crippen LogP contribution in [0.1, 0.15) is 98.4 Å². The van der Waals surface area contributed by atoms with Crippen molar-refractivity contribution in [2.45, 2.75) is 117 Å². The van der Waals surface area contributed by atoms with Gasteiger partial charge in [-0.25, -0.2) is 9.59 Å². The van der Waals surface area contributed by atoms with Crippen molar-refractivity contribution in [1.82, 2.24) is 15.5 Å². The quantitative estimate of drug-likeness (QED) is 0.221. The first kappa shape index (κ1) is 37.9. The van der Waals surface area contributed by atoms with Crippen LogP contribution in [-0.4, -0.2) is 58.1 Å². The van der Waals surface area contributed by atoms with Crippen LogP contribution >= 0.6 is 0 Å². The molecule has 0 aliphatic heterocycles. The minimum atomic E-state index is -1.24. The van der Waals surface area contributed by atoms with E-state index in [1.807, 2.05) is 44.2 Å². The van der Waals surface area contributed by atoms with Gasteiger partial charge in [0.15, 0.2) is 0 Å². The molecule has 0 fully saturated rings. The van der Waals surface area contributed by atoms with Gasteiger partial charge in [-0.3, -0.25) is 9.59 Å². The zero-order valence-corrected chi connectivity index (χ0v) is 29.0. The first-order valence-corrected chi connectivity index (χ1v) is 15.8. The van der Waals surface area contributed by atoms with Crippen molar-refractivity contribution in [2.24, 2.45) is 5.92 Å². The van der Waals surface area contributed by atoms with E-state index in [9.17, 15) is 19.2 Å². The lowest BCUT2D eigenvalue weighted by Gasteiger charge is -2.38. The van der Waals surface area contributed by atoms with Crippen molar-refractivity contribution in [3.05, 3.63) is 71.3 Å². The lowest BCUT2D eigenvalue weighted by Crippen LogP contribution is -2.57. The average molecular weight is 634 g/mol. The van der Waals surface area contributed by atoms with Crippen molar-refractivity contribution >= 4 is 23.9 Å². The lowest BCUT2D eigenvalue weighted by atomic mass is 9.94. The second kappa shape index (κ2) is 16.3. The van der Waals surface area contributed by atoms with E-state index in [-0.39, 0.29) is 12.3 Å². The summed E-state index contributed by atoms with van der Waals surface area (Å²) in [4.78, 5) is 56.7. The number of alkyl carbamates (subject to hydrolysis) is 1. The molecule has 0 saturated carbocycles. The van der Waals surface area contributed by atoms with Gasteiger partial charge in [-0.15, -0.1) is 6.42 Å². The molecule has 9 nitrogen and oxygen atoms in total. The van der Waals surface area contributed by atoms with E-state index < -0.39 is 59.2 Å². The lowest BCUT2D eigenvalue weighted by molar-refractivity contribution is -0.159. The Labute approximate surface area is 274 Å². The summed E-state index contributed by atoms with van der Waals surface area (Å²) in [5.41, 5.74) is 0.0567. The van der Waals surface area contributed by atoms with Gasteiger partial charge in [-0.05, 0) is 84.9 Å². The number of nitrogens with zero attached hydrogens (tertiary/aromatic N) is 1. The van der Waals surface area contributed by atoms with Crippen LogP contribution in [-0.2, 0) is 30.3 Å². The summed E-state index contributed by atoms with van der Waals surface area (Å²) in [5.74, 6) is 0.938. The number of ether oxygens (including phenoxy) is 2. The molecule has 3 unspecified atom stereocenters. The highest BCUT2D eigenvalue weighted by molar-refractivity contribution is 5.94. The number of terminal acetylenes is 1. The smallest absolute Gasteiger partial charge is 0.408 e. The standard InChI is InChI=1S/C37H51N3O6/c1-12-27-20-16-17-21-28(27)31(32(41)38-30(34(43)45-36(6,7)8)23-26-18-14-13-15-19-26)40(25(4)5)33(42)29(22-24(2)3)39-35(44)46-37(9,10)11/h1,13-21,24-25,29-31H,22-23H2,2-11H3,(H,38,41)(H,39,44). The van der Waals surface area contributed by atoms with Gasteiger partial charge in [0, 0.05) is 18.0 Å². The number of esters is 1. The number of benzene rings is 2. The summed E-state index contributed by atoms with van der Waals surface area (Å²) in [6.45, 7) is 17.9. The van der Waals surface area contributed by atoms with Crippen molar-refractivity contribution in [3.63, 3.8) is 0 Å². The zero-order valence-electron chi connectivity index (χ0n) is 29.0. The molecule has 2 aromatic carbocycles. The first-order chi connectivity index (χ1) is 21.3. The normalized spacial score (nSPS) is 13.6. The highest BCUT2D eigenvalue weighted by atomic mass is 16.6. The first-order valence-electron chi connectivity index (χ1n) is 15.8. The summed E-state index contributed by atoms with van der Waals surface area (Å²) < 4.78 is 11.2. The Balaban J connectivity index is 2.65. The third-order valence-corrected chi connectivity index (χ3v) is 6.73. The molecule has 3 amide bonds. The molecule has 9 heteroatoms. The summed E-state index contributed by atoms with van der Waals surface area (Å²) in [6, 6.07) is 12.3. The molecule has 46 heavy (non-hydrogen) atoms. The second-order valence-corrected chi connectivity index (χ2v) is 14.1. The number of rotatable bonds is 12. The molecule has 0 aliphatic carbocycles. The van der Waals surface area contributed by atoms with E-state index in [0.717, 1.165) is 5.56 Å². The van der Waals surface area contributed by atoms with Gasteiger partial charge in [0.05, 0.1) is 0 Å². The fraction of sp³-hybridized carbons (Fsp3) is 0.514. The van der Waals surface area contributed by atoms with Crippen LogP contribution in [0.2, 0.25) is 0 Å². The van der Waals surface area contributed by atoms with Gasteiger partial charge in [0.1, 0.15) is 29.3 Å². The van der Waals surface area contributed by atoms with Gasteiger partial charge in [0.25, 0.3) is 0 Å². The maximum absolute atomic E-state index is 14.5. The molecule has 2 N–H and O–H groups in total. The minimum Gasteiger partial charge on any atom is -0.458 e. The Morgan fingerprint density at radius 3 is 1.89 bits per heavy atom. The molecule has 250 valence electrons. The van der Waals surface area contributed by atoms with Crippen molar-refractivity contribution in [3.8, 4) is 12.3 Å². The molecule has 2 rings (SSSR count). The predicted molar refractivity (Wildman–Crippen MR) is 180 cm³/mol. The van der Waals surface area contributed by atoms with Gasteiger partial charge < -0.3 is 25.0 Å². The molecular formula is C37H51N3O6. The number of carbonyl (C=O) groups is 4. The van der Waals surface area contributed by atoms with E-state index in [4.69, 9.17) is 15.9 Å². The molecule has 0 aliphatic rings. The Hall–Kier alpha value is -4.32. The Morgan fingerprint density at radius 1 is 0.804 bits per heavy atom. The zero-order chi connectivity index (χ0) is 34.8. The number of nitrogens with one attached hydrogen (secondary N) is 2. The summed E-state index contributed by atoms with van der Waals surface area (Å²) in [6.07, 6.45) is 5.59. The second-order valence-electron chi connectivity index (χ2n) is 14.1. The van der Waals surface area contributed by atoms with Crippen molar-refractivity contribution in [1.29, 1.82) is 0 Å². The molecule has 0 heterocycles. The Bertz CT molecular complexity index is 1380. The molecule has 0 spiro atoms. The monoisotopic (exact) mass is 633 g/mol. The maximum Gasteiger partial charge on any atom is 0.408 e. The van der Waals surface area contributed by atoms with E-state index in [1.165, 1.54) is 4.90 Å². The molecule has 0 aromatic heterocycles. The van der Waals surface area contributed by atoms with Crippen LogP contribution in [0.3, 0.4) is 0 Å².